The number of piperazine rings is 1. The van der Waals surface area contributed by atoms with Gasteiger partial charge in [0.05, 0.1) is 19.3 Å². The predicted octanol–water partition coefficient (Wildman–Crippen LogP) is 3.52. The molecule has 0 aliphatic carbocycles. The molecule has 9 heteroatoms. The number of nitrogens with zero attached hydrogens (tertiary/aromatic N) is 5. The summed E-state index contributed by atoms with van der Waals surface area (Å²) in [6.07, 6.45) is 3.65. The van der Waals surface area contributed by atoms with Crippen LogP contribution in [0.1, 0.15) is 26.7 Å². The number of likely N-dealkylation sites (N-methyl/N-ethyl adjacent to an activating group) is 1. The molecule has 0 saturated carbocycles. The maximum atomic E-state index is 6.35. The number of aliphatic imine (C=N–C) groups is 1. The molecule has 4 aliphatic rings. The van der Waals surface area contributed by atoms with E-state index < -0.39 is 0 Å². The number of benzene rings is 1. The summed E-state index contributed by atoms with van der Waals surface area (Å²) in [5.41, 5.74) is 3.26. The molecule has 0 spiro atoms. The SMILES string of the molecule is COc1cccc(N2C3=C(C=NC(Nc4ccc(N5CCN(C)CC5)cc4)N3)C3COC(C)(C)CC2C3)n1. The van der Waals surface area contributed by atoms with Crippen LogP contribution in [0.25, 0.3) is 0 Å². The monoisotopic (exact) mass is 517 g/mol. The first kappa shape index (κ1) is 25.0. The minimum absolute atomic E-state index is 0.217. The highest BCUT2D eigenvalue weighted by molar-refractivity contribution is 5.84. The molecule has 6 rings (SSSR count). The molecule has 202 valence electrons. The fourth-order valence-corrected chi connectivity index (χ4v) is 6.02. The minimum atomic E-state index is -0.287. The predicted molar refractivity (Wildman–Crippen MR) is 152 cm³/mol. The smallest absolute Gasteiger partial charge is 0.214 e. The number of hydrogen-bond donors (Lipinski definition) is 2. The minimum Gasteiger partial charge on any atom is -0.481 e. The molecule has 2 fully saturated rings. The van der Waals surface area contributed by atoms with Crippen molar-refractivity contribution in [2.24, 2.45) is 10.9 Å². The van der Waals surface area contributed by atoms with Crippen molar-refractivity contribution in [3.8, 4) is 5.88 Å². The second-order valence-electron chi connectivity index (χ2n) is 11.4. The van der Waals surface area contributed by atoms with Crippen LogP contribution in [0.4, 0.5) is 17.2 Å². The Balaban J connectivity index is 1.24. The van der Waals surface area contributed by atoms with E-state index >= 15 is 0 Å². The van der Waals surface area contributed by atoms with Crippen LogP contribution in [-0.2, 0) is 4.74 Å². The van der Waals surface area contributed by atoms with E-state index in [4.69, 9.17) is 19.5 Å². The van der Waals surface area contributed by atoms with Gasteiger partial charge in [-0.2, -0.15) is 4.98 Å². The average Bonchev–Trinajstić information content (AvgIpc) is 3.05. The fraction of sp³-hybridized carbons (Fsp3) is 0.517. The Bertz CT molecular complexity index is 1200. The Morgan fingerprint density at radius 1 is 1.08 bits per heavy atom. The molecule has 2 N–H and O–H groups in total. The number of rotatable bonds is 5. The molecule has 4 aliphatic heterocycles. The summed E-state index contributed by atoms with van der Waals surface area (Å²) in [7, 11) is 3.84. The number of methoxy groups -OCH3 is 1. The summed E-state index contributed by atoms with van der Waals surface area (Å²) in [4.78, 5) is 16.8. The quantitative estimate of drug-likeness (QED) is 0.624. The van der Waals surface area contributed by atoms with Crippen LogP contribution in [0.15, 0.2) is 58.9 Å². The van der Waals surface area contributed by atoms with Gasteiger partial charge in [0.1, 0.15) is 11.6 Å². The lowest BCUT2D eigenvalue weighted by Crippen LogP contribution is -2.52. The van der Waals surface area contributed by atoms with Gasteiger partial charge in [-0.25, -0.2) is 4.99 Å². The highest BCUT2D eigenvalue weighted by Gasteiger charge is 2.43. The van der Waals surface area contributed by atoms with Gasteiger partial charge in [0.15, 0.2) is 6.29 Å². The summed E-state index contributed by atoms with van der Waals surface area (Å²) in [5.74, 6) is 2.82. The van der Waals surface area contributed by atoms with Gasteiger partial charge in [-0.3, -0.25) is 0 Å². The van der Waals surface area contributed by atoms with Gasteiger partial charge in [0.2, 0.25) is 5.88 Å². The number of ether oxygens (including phenoxy) is 2. The molecule has 9 nitrogen and oxygen atoms in total. The summed E-state index contributed by atoms with van der Waals surface area (Å²) in [5, 5.41) is 7.27. The van der Waals surface area contributed by atoms with Gasteiger partial charge < -0.3 is 34.8 Å². The topological polar surface area (TPSA) is 77.5 Å². The number of anilines is 3. The molecular weight excluding hydrogens is 478 g/mol. The molecule has 2 aromatic rings. The molecule has 2 saturated heterocycles. The third kappa shape index (κ3) is 5.05. The standard InChI is InChI=1S/C29H39N7O2/c1-29(2)17-23-16-20(19-38-29)24-18-30-28(33-27(24)36(23)25-6-5-7-26(32-25)37-4)31-21-8-10-22(11-9-21)35-14-12-34(3)13-15-35/h5-11,18,20,23,28,31,33H,12-17,19H2,1-4H3. The van der Waals surface area contributed by atoms with Gasteiger partial charge in [-0.05, 0) is 64.1 Å². The lowest BCUT2D eigenvalue weighted by Gasteiger charge is -2.44. The van der Waals surface area contributed by atoms with Crippen molar-refractivity contribution in [3.63, 3.8) is 0 Å². The summed E-state index contributed by atoms with van der Waals surface area (Å²) in [6, 6.07) is 14.9. The van der Waals surface area contributed by atoms with Crippen LogP contribution >= 0.6 is 0 Å². The maximum absolute atomic E-state index is 6.35. The molecular formula is C29H39N7O2. The van der Waals surface area contributed by atoms with E-state index in [1.54, 1.807) is 7.11 Å². The van der Waals surface area contributed by atoms with Crippen molar-refractivity contribution < 1.29 is 9.47 Å². The van der Waals surface area contributed by atoms with Crippen LogP contribution in [-0.4, -0.2) is 81.0 Å². The van der Waals surface area contributed by atoms with Crippen LogP contribution in [0.3, 0.4) is 0 Å². The van der Waals surface area contributed by atoms with Gasteiger partial charge in [-0.1, -0.05) is 6.07 Å². The van der Waals surface area contributed by atoms with Crippen LogP contribution in [0.2, 0.25) is 0 Å². The van der Waals surface area contributed by atoms with Crippen molar-refractivity contribution >= 4 is 23.4 Å². The Morgan fingerprint density at radius 2 is 1.87 bits per heavy atom. The number of hydrogen-bond acceptors (Lipinski definition) is 9. The molecule has 3 atom stereocenters. The van der Waals surface area contributed by atoms with Crippen molar-refractivity contribution in [1.29, 1.82) is 0 Å². The van der Waals surface area contributed by atoms with Crippen molar-refractivity contribution in [2.45, 2.75) is 44.6 Å². The van der Waals surface area contributed by atoms with E-state index in [2.05, 4.69) is 76.6 Å². The third-order valence-electron chi connectivity index (χ3n) is 8.12. The van der Waals surface area contributed by atoms with Crippen molar-refractivity contribution in [3.05, 3.63) is 53.9 Å². The number of pyridine rings is 1. The Kier molecular flexibility index (Phi) is 6.65. The molecule has 0 radical (unpaired) electrons. The maximum Gasteiger partial charge on any atom is 0.214 e. The van der Waals surface area contributed by atoms with Gasteiger partial charge in [0.25, 0.3) is 0 Å². The molecule has 0 amide bonds. The largest absolute Gasteiger partial charge is 0.481 e. The molecule has 5 heterocycles. The Morgan fingerprint density at radius 3 is 2.63 bits per heavy atom. The highest BCUT2D eigenvalue weighted by Crippen LogP contribution is 2.41. The van der Waals surface area contributed by atoms with E-state index in [0.29, 0.717) is 18.4 Å². The molecule has 2 bridgehead atoms. The summed E-state index contributed by atoms with van der Waals surface area (Å²) < 4.78 is 11.8. The van der Waals surface area contributed by atoms with Crippen LogP contribution in [0, 0.1) is 5.92 Å². The number of aromatic nitrogens is 1. The zero-order valence-electron chi connectivity index (χ0n) is 22.9. The second kappa shape index (κ2) is 10.1. The first-order valence-electron chi connectivity index (χ1n) is 13.7. The van der Waals surface area contributed by atoms with E-state index in [0.717, 1.165) is 56.3 Å². The van der Waals surface area contributed by atoms with Crippen LogP contribution < -0.4 is 25.2 Å². The highest BCUT2D eigenvalue weighted by atomic mass is 16.5. The fourth-order valence-electron chi connectivity index (χ4n) is 6.02. The summed E-state index contributed by atoms with van der Waals surface area (Å²) in [6.45, 7) is 9.38. The molecule has 3 unspecified atom stereocenters. The molecule has 1 aromatic heterocycles. The molecule has 38 heavy (non-hydrogen) atoms. The van der Waals surface area contributed by atoms with E-state index in [1.165, 1.54) is 11.3 Å². The van der Waals surface area contributed by atoms with Crippen LogP contribution in [0.5, 0.6) is 5.88 Å². The lowest BCUT2D eigenvalue weighted by molar-refractivity contribution is -0.0219. The first-order valence-corrected chi connectivity index (χ1v) is 13.7. The lowest BCUT2D eigenvalue weighted by atomic mass is 9.85. The number of fused-ring (bicyclic) bond motifs is 3. The van der Waals surface area contributed by atoms with E-state index in [-0.39, 0.29) is 17.9 Å². The first-order chi connectivity index (χ1) is 18.4. The van der Waals surface area contributed by atoms with Gasteiger partial charge >= 0.3 is 0 Å². The zero-order valence-corrected chi connectivity index (χ0v) is 22.9. The van der Waals surface area contributed by atoms with Crippen molar-refractivity contribution in [2.75, 3.05) is 62.1 Å². The Hall–Kier alpha value is -3.30. The van der Waals surface area contributed by atoms with Crippen molar-refractivity contribution in [1.82, 2.24) is 15.2 Å². The Labute approximate surface area is 225 Å². The zero-order chi connectivity index (χ0) is 26.3. The summed E-state index contributed by atoms with van der Waals surface area (Å²) >= 11 is 0. The second-order valence-corrected chi connectivity index (χ2v) is 11.4. The molecule has 1 aromatic carbocycles. The average molecular weight is 518 g/mol. The normalized spacial score (nSPS) is 26.9. The van der Waals surface area contributed by atoms with Gasteiger partial charge in [-0.15, -0.1) is 0 Å². The van der Waals surface area contributed by atoms with E-state index in [1.807, 2.05) is 18.3 Å². The van der Waals surface area contributed by atoms with E-state index in [9.17, 15) is 0 Å². The third-order valence-corrected chi connectivity index (χ3v) is 8.12. The van der Waals surface area contributed by atoms with Gasteiger partial charge in [0, 0.05) is 67.4 Å². The number of nitrogens with one attached hydrogen (secondary N) is 2.